The van der Waals surface area contributed by atoms with Crippen molar-refractivity contribution in [1.82, 2.24) is 0 Å². The molecule has 4 N–H and O–H groups in total. The Morgan fingerprint density at radius 3 is 2.26 bits per heavy atom. The number of carbonyl (C=O) groups excluding carboxylic acids is 1. The lowest BCUT2D eigenvalue weighted by Crippen LogP contribution is -2.29. The Labute approximate surface area is 139 Å². The number of aliphatic hydroxyl groups is 2. The maximum Gasteiger partial charge on any atom is 0.203 e. The van der Waals surface area contributed by atoms with E-state index >= 15 is 0 Å². The van der Waals surface area contributed by atoms with Gasteiger partial charge in [0.1, 0.15) is 0 Å². The number of allylic oxidation sites excluding steroid dienone is 3. The minimum atomic E-state index is -0.326. The van der Waals surface area contributed by atoms with Crippen molar-refractivity contribution in [1.29, 1.82) is 0 Å². The number of aliphatic hydroxyl groups excluding tert-OH is 2. The van der Waals surface area contributed by atoms with Crippen LogP contribution in [0.3, 0.4) is 0 Å². The zero-order valence-electron chi connectivity index (χ0n) is 12.4. The molecule has 0 unspecified atom stereocenters. The second kappa shape index (κ2) is 7.92. The number of benzene rings is 1. The molecule has 0 bridgehead atoms. The van der Waals surface area contributed by atoms with E-state index in [2.05, 4.69) is 4.99 Å². The van der Waals surface area contributed by atoms with Crippen molar-refractivity contribution in [2.75, 3.05) is 31.2 Å². The van der Waals surface area contributed by atoms with E-state index in [1.165, 1.54) is 12.2 Å². The monoisotopic (exact) mass is 335 g/mol. The topological polar surface area (TPSA) is 99.2 Å². The Hall–Kier alpha value is -2.15. The van der Waals surface area contributed by atoms with Gasteiger partial charge < -0.3 is 20.8 Å². The van der Waals surface area contributed by atoms with Crippen LogP contribution in [-0.4, -0.2) is 48.0 Å². The van der Waals surface area contributed by atoms with Crippen LogP contribution < -0.4 is 10.6 Å². The highest BCUT2D eigenvalue weighted by Gasteiger charge is 2.15. The Morgan fingerprint density at radius 2 is 1.70 bits per heavy atom. The molecule has 0 fully saturated rings. The molecule has 0 heterocycles. The number of carbonyl (C=O) groups is 1. The number of nitrogens with two attached hydrogens (primary N) is 1. The molecule has 0 saturated heterocycles. The van der Waals surface area contributed by atoms with Crippen LogP contribution in [0.1, 0.15) is 0 Å². The van der Waals surface area contributed by atoms with Gasteiger partial charge in [0.25, 0.3) is 0 Å². The SMILES string of the molecule is NC1=CC(=Nc2ccc(N(CCO)CCO)cc2)C(Cl)=CC1=O. The number of halogens is 1. The molecule has 6 nitrogen and oxygen atoms in total. The van der Waals surface area contributed by atoms with Gasteiger partial charge in [0, 0.05) is 24.9 Å². The quantitative estimate of drug-likeness (QED) is 0.676. The fourth-order valence-corrected chi connectivity index (χ4v) is 2.33. The Kier molecular flexibility index (Phi) is 5.92. The number of nitrogens with zero attached hydrogens (tertiary/aromatic N) is 2. The minimum Gasteiger partial charge on any atom is -0.396 e. The Bertz CT molecular complexity index is 660. The molecule has 0 aromatic heterocycles. The standard InChI is InChI=1S/C16H18ClN3O3/c17-13-9-16(23)14(18)10-15(13)19-11-1-3-12(4-2-11)20(5-7-21)6-8-22/h1-4,9-10,21-22H,5-8,18H2. The summed E-state index contributed by atoms with van der Waals surface area (Å²) in [6.45, 7) is 0.875. The first-order valence-corrected chi connectivity index (χ1v) is 7.47. The molecular formula is C16H18ClN3O3. The molecule has 122 valence electrons. The van der Waals surface area contributed by atoms with Crippen molar-refractivity contribution < 1.29 is 15.0 Å². The van der Waals surface area contributed by atoms with Crippen molar-refractivity contribution >= 4 is 34.5 Å². The van der Waals surface area contributed by atoms with Gasteiger partial charge in [-0.2, -0.15) is 0 Å². The maximum atomic E-state index is 11.4. The summed E-state index contributed by atoms with van der Waals surface area (Å²) in [7, 11) is 0. The summed E-state index contributed by atoms with van der Waals surface area (Å²) >= 11 is 6.00. The highest BCUT2D eigenvalue weighted by molar-refractivity contribution is 6.48. The number of ketones is 1. The normalized spacial score (nSPS) is 16.3. The van der Waals surface area contributed by atoms with Gasteiger partial charge in [-0.3, -0.25) is 4.79 Å². The van der Waals surface area contributed by atoms with Crippen LogP contribution in [-0.2, 0) is 4.79 Å². The van der Waals surface area contributed by atoms with Crippen LogP contribution in [0.15, 0.2) is 52.1 Å². The molecule has 0 radical (unpaired) electrons. The lowest BCUT2D eigenvalue weighted by atomic mass is 10.1. The van der Waals surface area contributed by atoms with E-state index < -0.39 is 0 Å². The lowest BCUT2D eigenvalue weighted by Gasteiger charge is -2.22. The van der Waals surface area contributed by atoms with E-state index in [0.29, 0.717) is 24.5 Å². The third-order valence-corrected chi connectivity index (χ3v) is 3.59. The van der Waals surface area contributed by atoms with E-state index in [9.17, 15) is 4.79 Å². The molecule has 0 saturated carbocycles. The van der Waals surface area contributed by atoms with Gasteiger partial charge in [0.15, 0.2) is 0 Å². The van der Waals surface area contributed by atoms with E-state index in [1.54, 1.807) is 12.1 Å². The van der Waals surface area contributed by atoms with Gasteiger partial charge in [0.05, 0.1) is 35.3 Å². The summed E-state index contributed by atoms with van der Waals surface area (Å²) in [6, 6.07) is 7.25. The summed E-state index contributed by atoms with van der Waals surface area (Å²) in [6.07, 6.45) is 2.69. The summed E-state index contributed by atoms with van der Waals surface area (Å²) in [5.41, 5.74) is 7.64. The molecule has 1 aliphatic rings. The predicted octanol–water partition coefficient (Wildman–Crippen LogP) is 1.10. The molecule has 1 aliphatic carbocycles. The molecule has 1 aromatic carbocycles. The average Bonchev–Trinajstić information content (AvgIpc) is 2.53. The second-order valence-corrected chi connectivity index (χ2v) is 5.31. The van der Waals surface area contributed by atoms with Crippen LogP contribution in [0.25, 0.3) is 0 Å². The van der Waals surface area contributed by atoms with Crippen molar-refractivity contribution in [2.24, 2.45) is 10.7 Å². The van der Waals surface area contributed by atoms with Gasteiger partial charge in [-0.1, -0.05) is 11.6 Å². The van der Waals surface area contributed by atoms with Crippen molar-refractivity contribution in [3.63, 3.8) is 0 Å². The summed E-state index contributed by atoms with van der Waals surface area (Å²) in [5, 5.41) is 18.4. The van der Waals surface area contributed by atoms with Gasteiger partial charge in [0.2, 0.25) is 5.78 Å². The number of anilines is 1. The van der Waals surface area contributed by atoms with Gasteiger partial charge in [-0.25, -0.2) is 4.99 Å². The largest absolute Gasteiger partial charge is 0.396 e. The first kappa shape index (κ1) is 17.2. The predicted molar refractivity (Wildman–Crippen MR) is 91.1 cm³/mol. The van der Waals surface area contributed by atoms with Crippen molar-refractivity contribution in [3.8, 4) is 0 Å². The fourth-order valence-electron chi connectivity index (χ4n) is 2.13. The van der Waals surface area contributed by atoms with E-state index in [-0.39, 0.29) is 29.7 Å². The third kappa shape index (κ3) is 4.41. The molecule has 0 spiro atoms. The van der Waals surface area contributed by atoms with E-state index in [1.807, 2.05) is 17.0 Å². The number of aliphatic imine (C=N–C) groups is 1. The first-order valence-electron chi connectivity index (χ1n) is 7.09. The molecular weight excluding hydrogens is 318 g/mol. The van der Waals surface area contributed by atoms with E-state index in [0.717, 1.165) is 5.69 Å². The fraction of sp³-hybridized carbons (Fsp3) is 0.250. The van der Waals surface area contributed by atoms with Crippen LogP contribution in [0.2, 0.25) is 0 Å². The number of hydrogen-bond donors (Lipinski definition) is 3. The molecule has 0 atom stereocenters. The minimum absolute atomic E-state index is 0.00253. The molecule has 7 heteroatoms. The van der Waals surface area contributed by atoms with Crippen molar-refractivity contribution in [2.45, 2.75) is 0 Å². The maximum absolute atomic E-state index is 11.4. The Morgan fingerprint density at radius 1 is 1.09 bits per heavy atom. The van der Waals surface area contributed by atoms with E-state index in [4.69, 9.17) is 27.5 Å². The lowest BCUT2D eigenvalue weighted by molar-refractivity contribution is -0.111. The highest BCUT2D eigenvalue weighted by Crippen LogP contribution is 2.23. The smallest absolute Gasteiger partial charge is 0.203 e. The number of hydrogen-bond acceptors (Lipinski definition) is 6. The van der Waals surface area contributed by atoms with Crippen LogP contribution in [0.4, 0.5) is 11.4 Å². The Balaban J connectivity index is 2.21. The van der Waals surface area contributed by atoms with Crippen molar-refractivity contribution in [3.05, 3.63) is 47.1 Å². The second-order valence-electron chi connectivity index (χ2n) is 4.90. The average molecular weight is 336 g/mol. The highest BCUT2D eigenvalue weighted by atomic mass is 35.5. The summed E-state index contributed by atoms with van der Waals surface area (Å²) in [4.78, 5) is 17.6. The molecule has 2 rings (SSSR count). The molecule has 0 amide bonds. The third-order valence-electron chi connectivity index (χ3n) is 3.28. The number of rotatable bonds is 6. The first-order chi connectivity index (χ1) is 11.0. The zero-order chi connectivity index (χ0) is 16.8. The van der Waals surface area contributed by atoms with Crippen LogP contribution in [0.5, 0.6) is 0 Å². The van der Waals surface area contributed by atoms with Gasteiger partial charge in [-0.05, 0) is 30.3 Å². The zero-order valence-corrected chi connectivity index (χ0v) is 13.2. The van der Waals surface area contributed by atoms with Crippen LogP contribution in [0, 0.1) is 0 Å². The molecule has 0 aliphatic heterocycles. The summed E-state index contributed by atoms with van der Waals surface area (Å²) in [5.74, 6) is -0.326. The molecule has 1 aromatic rings. The van der Waals surface area contributed by atoms with Gasteiger partial charge in [-0.15, -0.1) is 0 Å². The summed E-state index contributed by atoms with van der Waals surface area (Å²) < 4.78 is 0. The van der Waals surface area contributed by atoms with Gasteiger partial charge >= 0.3 is 0 Å². The molecule has 23 heavy (non-hydrogen) atoms. The van der Waals surface area contributed by atoms with Crippen LogP contribution >= 0.6 is 11.6 Å².